The summed E-state index contributed by atoms with van der Waals surface area (Å²) in [6.07, 6.45) is 17.1. The minimum absolute atomic E-state index is 0. The number of rotatable bonds is 15. The van der Waals surface area contributed by atoms with Crippen molar-refractivity contribution in [3.63, 3.8) is 0 Å². The second-order valence-electron chi connectivity index (χ2n) is 8.63. The van der Waals surface area contributed by atoms with Gasteiger partial charge in [-0.25, -0.2) is 8.42 Å². The Hall–Kier alpha value is -0.390. The molecule has 0 atom stereocenters. The van der Waals surface area contributed by atoms with Gasteiger partial charge in [0.25, 0.3) is 0 Å². The summed E-state index contributed by atoms with van der Waals surface area (Å²) >= 11 is 0. The molecule has 0 heterocycles. The molecule has 5 heteroatoms. The third-order valence-corrected chi connectivity index (χ3v) is 6.81. The molecule has 0 N–H and O–H groups in total. The molecule has 0 amide bonds. The van der Waals surface area contributed by atoms with Gasteiger partial charge in [0, 0.05) is 0 Å². The molecule has 0 aromatic heterocycles. The first-order valence-electron chi connectivity index (χ1n) is 12.0. The number of hydrogen-bond donors (Lipinski definition) is 0. The van der Waals surface area contributed by atoms with Gasteiger partial charge < -0.3 is 4.55 Å². The van der Waals surface area contributed by atoms with Crippen LogP contribution in [-0.2, 0) is 23.0 Å². The van der Waals surface area contributed by atoms with Gasteiger partial charge in [0.15, 0.2) is 0 Å². The van der Waals surface area contributed by atoms with Gasteiger partial charge in [-0.15, -0.1) is 0 Å². The van der Waals surface area contributed by atoms with Crippen molar-refractivity contribution >= 4 is 20.9 Å². The van der Waals surface area contributed by atoms with Gasteiger partial charge in [0.1, 0.15) is 10.1 Å². The van der Waals surface area contributed by atoms with Crippen LogP contribution in [0.15, 0.2) is 35.2 Å². The molecule has 0 saturated heterocycles. The van der Waals surface area contributed by atoms with Gasteiger partial charge in [0.2, 0.25) is 0 Å². The topological polar surface area (TPSA) is 57.2 Å². The van der Waals surface area contributed by atoms with E-state index in [9.17, 15) is 13.0 Å². The third kappa shape index (κ3) is 10.4. The summed E-state index contributed by atoms with van der Waals surface area (Å²) in [5, 5.41) is 1.97. The van der Waals surface area contributed by atoms with Crippen molar-refractivity contribution in [1.29, 1.82) is 0 Å². The number of unbranched alkanes of at least 4 members (excludes halogenated alkanes) is 10. The van der Waals surface area contributed by atoms with Gasteiger partial charge in [-0.05, 0) is 59.7 Å². The molecule has 0 spiro atoms. The molecule has 168 valence electrons. The second-order valence-corrected chi connectivity index (χ2v) is 10.0. The first kappa shape index (κ1) is 28.6. The fraction of sp³-hybridized carbons (Fsp3) is 0.615. The van der Waals surface area contributed by atoms with Crippen molar-refractivity contribution in [2.45, 2.75) is 109 Å². The maximum Gasteiger partial charge on any atom is 1.00 e. The minimum atomic E-state index is -4.43. The molecule has 0 saturated carbocycles. The molecule has 2 aromatic rings. The Morgan fingerprint density at radius 1 is 0.710 bits per heavy atom. The summed E-state index contributed by atoms with van der Waals surface area (Å²) in [5.74, 6) is 0. The predicted molar refractivity (Wildman–Crippen MR) is 126 cm³/mol. The second kappa shape index (κ2) is 15.4. The van der Waals surface area contributed by atoms with E-state index in [1.54, 1.807) is 12.1 Å². The van der Waals surface area contributed by atoms with E-state index in [1.807, 2.05) is 0 Å². The van der Waals surface area contributed by atoms with E-state index in [2.05, 4.69) is 26.0 Å². The molecule has 2 aromatic carbocycles. The molecule has 3 nitrogen and oxygen atoms in total. The van der Waals surface area contributed by atoms with Crippen LogP contribution in [-0.4, -0.2) is 13.0 Å². The van der Waals surface area contributed by atoms with Gasteiger partial charge >= 0.3 is 29.6 Å². The van der Waals surface area contributed by atoms with Crippen molar-refractivity contribution in [3.05, 3.63) is 41.5 Å². The van der Waals surface area contributed by atoms with Crippen LogP contribution in [0.4, 0.5) is 0 Å². The molecular formula is C26H39NaO3S. The molecule has 0 aliphatic carbocycles. The first-order valence-corrected chi connectivity index (χ1v) is 13.4. The van der Waals surface area contributed by atoms with E-state index in [1.165, 1.54) is 87.8 Å². The zero-order valence-corrected chi connectivity index (χ0v) is 22.7. The largest absolute Gasteiger partial charge is 1.00 e. The third-order valence-electron chi connectivity index (χ3n) is 5.98. The summed E-state index contributed by atoms with van der Waals surface area (Å²) in [6, 6.07) is 9.26. The van der Waals surface area contributed by atoms with E-state index in [4.69, 9.17) is 0 Å². The average molecular weight is 455 g/mol. The Morgan fingerprint density at radius 3 is 1.84 bits per heavy atom. The monoisotopic (exact) mass is 454 g/mol. The van der Waals surface area contributed by atoms with Crippen molar-refractivity contribution in [1.82, 2.24) is 0 Å². The maximum atomic E-state index is 11.5. The summed E-state index contributed by atoms with van der Waals surface area (Å²) in [4.78, 5) is -0.122. The SMILES string of the molecule is CCCCCCCCc1cc(CCCCCCCC)c2cc(S(=O)(=O)[O-])ccc2c1.[Na+]. The molecule has 0 aliphatic rings. The summed E-state index contributed by atoms with van der Waals surface area (Å²) in [5.41, 5.74) is 2.52. The predicted octanol–water partition coefficient (Wildman–Crippen LogP) is 4.55. The Labute approximate surface area is 212 Å². The first-order chi connectivity index (χ1) is 14.5. The molecular weight excluding hydrogens is 415 g/mol. The molecule has 0 fully saturated rings. The van der Waals surface area contributed by atoms with Gasteiger partial charge in [-0.1, -0.05) is 96.3 Å². The smallest absolute Gasteiger partial charge is 0.744 e. The van der Waals surface area contributed by atoms with Crippen LogP contribution in [0.5, 0.6) is 0 Å². The van der Waals surface area contributed by atoms with Crippen LogP contribution in [0.2, 0.25) is 0 Å². The quantitative estimate of drug-likeness (QED) is 0.225. The number of hydrogen-bond acceptors (Lipinski definition) is 3. The Morgan fingerprint density at radius 2 is 1.26 bits per heavy atom. The summed E-state index contributed by atoms with van der Waals surface area (Å²) in [7, 11) is -4.43. The number of fused-ring (bicyclic) bond motifs is 1. The van der Waals surface area contributed by atoms with Crippen molar-refractivity contribution < 1.29 is 42.5 Å². The van der Waals surface area contributed by atoms with Gasteiger partial charge in [-0.2, -0.15) is 0 Å². The molecule has 0 unspecified atom stereocenters. The Balaban J connectivity index is 0.00000480. The van der Waals surface area contributed by atoms with Crippen LogP contribution in [0.25, 0.3) is 10.8 Å². The van der Waals surface area contributed by atoms with E-state index < -0.39 is 10.1 Å². The zero-order valence-electron chi connectivity index (χ0n) is 19.9. The van der Waals surface area contributed by atoms with Gasteiger partial charge in [0.05, 0.1) is 4.90 Å². The van der Waals surface area contributed by atoms with Crippen LogP contribution < -0.4 is 29.6 Å². The number of aryl methyl sites for hydroxylation is 2. The summed E-state index contributed by atoms with van der Waals surface area (Å²) in [6.45, 7) is 4.47. The van der Waals surface area contributed by atoms with E-state index >= 15 is 0 Å². The maximum absolute atomic E-state index is 11.5. The van der Waals surface area contributed by atoms with E-state index in [0.717, 1.165) is 30.0 Å². The Kier molecular flexibility index (Phi) is 14.3. The fourth-order valence-corrected chi connectivity index (χ4v) is 4.69. The normalized spacial score (nSPS) is 11.6. The van der Waals surface area contributed by atoms with Crippen molar-refractivity contribution in [2.75, 3.05) is 0 Å². The van der Waals surface area contributed by atoms with E-state index in [-0.39, 0.29) is 34.5 Å². The van der Waals surface area contributed by atoms with Gasteiger partial charge in [-0.3, -0.25) is 0 Å². The van der Waals surface area contributed by atoms with Crippen LogP contribution >= 0.6 is 0 Å². The van der Waals surface area contributed by atoms with Crippen LogP contribution in [0.1, 0.15) is 102 Å². The summed E-state index contributed by atoms with van der Waals surface area (Å²) < 4.78 is 34.5. The minimum Gasteiger partial charge on any atom is -0.744 e. The van der Waals surface area contributed by atoms with Crippen molar-refractivity contribution in [2.24, 2.45) is 0 Å². The fourth-order valence-electron chi connectivity index (χ4n) is 4.19. The van der Waals surface area contributed by atoms with Crippen LogP contribution in [0.3, 0.4) is 0 Å². The van der Waals surface area contributed by atoms with Crippen LogP contribution in [0, 0.1) is 0 Å². The molecule has 0 bridgehead atoms. The zero-order chi connectivity index (χ0) is 21.8. The average Bonchev–Trinajstić information content (AvgIpc) is 2.72. The molecule has 2 rings (SSSR count). The number of benzene rings is 2. The standard InChI is InChI=1S/C26H40O3S.Na/c1-3-5-7-9-11-13-15-22-19-23(16-14-12-10-8-6-4-2)26-21-25(30(27,28)29)18-17-24(26)20-22;/h17-21H,3-16H2,1-2H3,(H,27,28,29);/q;+1/p-1. The molecule has 31 heavy (non-hydrogen) atoms. The van der Waals surface area contributed by atoms with E-state index in [0.29, 0.717) is 0 Å². The molecule has 0 aliphatic heterocycles. The molecule has 0 radical (unpaired) electrons. The van der Waals surface area contributed by atoms with Crippen molar-refractivity contribution in [3.8, 4) is 0 Å². The Bertz CT molecular complexity index is 878.